The highest BCUT2D eigenvalue weighted by atomic mass is 15.1. The third-order valence-corrected chi connectivity index (χ3v) is 4.29. The molecule has 0 aliphatic rings. The Morgan fingerprint density at radius 2 is 1.29 bits per heavy atom. The number of rotatable bonds is 14. The molecule has 1 aromatic heterocycles. The number of aromatic nitrogens is 2. The molecule has 0 amide bonds. The second-order valence-electron chi connectivity index (χ2n) is 6.42. The van der Waals surface area contributed by atoms with E-state index in [4.69, 9.17) is 0 Å². The van der Waals surface area contributed by atoms with Crippen LogP contribution in [0.3, 0.4) is 0 Å². The molecule has 21 heavy (non-hydrogen) atoms. The quantitative estimate of drug-likeness (QED) is 0.316. The SMILES string of the molecule is CCCCCCCCCC[n+]1ccn(CCCCCC)c1. The van der Waals surface area contributed by atoms with Crippen LogP contribution >= 0.6 is 0 Å². The van der Waals surface area contributed by atoms with E-state index < -0.39 is 0 Å². The number of imidazole rings is 1. The summed E-state index contributed by atoms with van der Waals surface area (Å²) in [7, 11) is 0. The standard InChI is InChI=1S/C19H37N2/c1-3-5-7-9-10-11-12-14-16-21-18-17-20(19-21)15-13-8-6-4-2/h17-19H,3-16H2,1-2H3/q+1. The van der Waals surface area contributed by atoms with Gasteiger partial charge in [-0.15, -0.1) is 0 Å². The third kappa shape index (κ3) is 9.71. The van der Waals surface area contributed by atoms with Crippen molar-refractivity contribution < 1.29 is 4.57 Å². The summed E-state index contributed by atoms with van der Waals surface area (Å²) in [5.74, 6) is 0. The summed E-state index contributed by atoms with van der Waals surface area (Å²) in [6, 6.07) is 0. The lowest BCUT2D eigenvalue weighted by Crippen LogP contribution is -2.30. The van der Waals surface area contributed by atoms with Gasteiger partial charge in [-0.2, -0.15) is 0 Å². The zero-order chi connectivity index (χ0) is 15.2. The zero-order valence-corrected chi connectivity index (χ0v) is 14.5. The summed E-state index contributed by atoms with van der Waals surface area (Å²) >= 11 is 0. The van der Waals surface area contributed by atoms with Gasteiger partial charge in [0.25, 0.3) is 0 Å². The van der Waals surface area contributed by atoms with E-state index in [1.54, 1.807) is 0 Å². The number of nitrogens with zero attached hydrogens (tertiary/aromatic N) is 2. The Balaban J connectivity index is 1.98. The molecule has 0 aliphatic heterocycles. The van der Waals surface area contributed by atoms with Crippen molar-refractivity contribution in [3.8, 4) is 0 Å². The van der Waals surface area contributed by atoms with Crippen LogP contribution in [-0.2, 0) is 13.1 Å². The van der Waals surface area contributed by atoms with Crippen LogP contribution in [0.5, 0.6) is 0 Å². The number of aryl methyl sites for hydroxylation is 2. The molecule has 2 nitrogen and oxygen atoms in total. The summed E-state index contributed by atoms with van der Waals surface area (Å²) in [4.78, 5) is 0. The fraction of sp³-hybridized carbons (Fsp3) is 0.842. The monoisotopic (exact) mass is 293 g/mol. The Kier molecular flexibility index (Phi) is 11.2. The van der Waals surface area contributed by atoms with Crippen molar-refractivity contribution in [1.82, 2.24) is 4.57 Å². The molecule has 0 unspecified atom stereocenters. The average molecular weight is 294 g/mol. The van der Waals surface area contributed by atoms with E-state index >= 15 is 0 Å². The first-order valence-corrected chi connectivity index (χ1v) is 9.41. The number of hydrogen-bond acceptors (Lipinski definition) is 0. The van der Waals surface area contributed by atoms with Gasteiger partial charge in [-0.3, -0.25) is 0 Å². The van der Waals surface area contributed by atoms with Crippen LogP contribution in [0.25, 0.3) is 0 Å². The molecule has 0 saturated heterocycles. The predicted octanol–water partition coefficient (Wildman–Crippen LogP) is 5.50. The van der Waals surface area contributed by atoms with Gasteiger partial charge in [-0.05, 0) is 25.7 Å². The fourth-order valence-electron chi connectivity index (χ4n) is 2.85. The molecule has 0 aromatic carbocycles. The normalized spacial score (nSPS) is 11.1. The Morgan fingerprint density at radius 3 is 1.95 bits per heavy atom. The second-order valence-corrected chi connectivity index (χ2v) is 6.42. The Bertz CT molecular complexity index is 330. The minimum Gasteiger partial charge on any atom is -0.237 e. The number of unbranched alkanes of at least 4 members (excludes halogenated alkanes) is 10. The molecule has 0 aliphatic carbocycles. The molecule has 0 spiro atoms. The van der Waals surface area contributed by atoms with Crippen molar-refractivity contribution in [2.75, 3.05) is 0 Å². The summed E-state index contributed by atoms with van der Waals surface area (Å²) in [6.45, 7) is 6.93. The average Bonchev–Trinajstić information content (AvgIpc) is 2.94. The first-order chi connectivity index (χ1) is 10.4. The molecule has 122 valence electrons. The van der Waals surface area contributed by atoms with Crippen molar-refractivity contribution in [3.63, 3.8) is 0 Å². The number of hydrogen-bond donors (Lipinski definition) is 0. The van der Waals surface area contributed by atoms with Crippen LogP contribution in [0.15, 0.2) is 18.7 Å². The molecule has 2 heteroatoms. The maximum Gasteiger partial charge on any atom is 0.243 e. The van der Waals surface area contributed by atoms with Crippen molar-refractivity contribution >= 4 is 0 Å². The highest BCUT2D eigenvalue weighted by Gasteiger charge is 2.03. The molecule has 0 bridgehead atoms. The molecule has 0 N–H and O–H groups in total. The van der Waals surface area contributed by atoms with Gasteiger partial charge in [-0.25, -0.2) is 9.13 Å². The largest absolute Gasteiger partial charge is 0.243 e. The van der Waals surface area contributed by atoms with Crippen molar-refractivity contribution in [2.45, 2.75) is 104 Å². The van der Waals surface area contributed by atoms with Gasteiger partial charge in [0, 0.05) is 0 Å². The topological polar surface area (TPSA) is 8.81 Å². The van der Waals surface area contributed by atoms with E-state index in [2.05, 4.69) is 41.7 Å². The van der Waals surface area contributed by atoms with Gasteiger partial charge in [0.1, 0.15) is 12.4 Å². The van der Waals surface area contributed by atoms with Crippen LogP contribution in [0.4, 0.5) is 0 Å². The third-order valence-electron chi connectivity index (χ3n) is 4.29. The first-order valence-electron chi connectivity index (χ1n) is 9.41. The molecule has 0 fully saturated rings. The fourth-order valence-corrected chi connectivity index (χ4v) is 2.85. The first kappa shape index (κ1) is 18.3. The highest BCUT2D eigenvalue weighted by molar-refractivity contribution is 4.66. The second kappa shape index (κ2) is 12.9. The van der Waals surface area contributed by atoms with Crippen LogP contribution in [0, 0.1) is 0 Å². The van der Waals surface area contributed by atoms with Gasteiger partial charge in [0.05, 0.1) is 13.1 Å². The molecule has 1 heterocycles. The Morgan fingerprint density at radius 1 is 0.714 bits per heavy atom. The lowest BCUT2D eigenvalue weighted by atomic mass is 10.1. The summed E-state index contributed by atoms with van der Waals surface area (Å²) < 4.78 is 4.71. The van der Waals surface area contributed by atoms with Crippen LogP contribution in [-0.4, -0.2) is 4.57 Å². The van der Waals surface area contributed by atoms with Crippen molar-refractivity contribution in [1.29, 1.82) is 0 Å². The lowest BCUT2D eigenvalue weighted by molar-refractivity contribution is -0.696. The lowest BCUT2D eigenvalue weighted by Gasteiger charge is -2.00. The van der Waals surface area contributed by atoms with Gasteiger partial charge in [0.2, 0.25) is 6.33 Å². The molecule has 0 saturated carbocycles. The van der Waals surface area contributed by atoms with Gasteiger partial charge < -0.3 is 0 Å². The van der Waals surface area contributed by atoms with Crippen molar-refractivity contribution in [3.05, 3.63) is 18.7 Å². The molecular formula is C19H37N2+. The maximum absolute atomic E-state index is 2.36. The molecular weight excluding hydrogens is 256 g/mol. The van der Waals surface area contributed by atoms with Gasteiger partial charge >= 0.3 is 0 Å². The molecule has 0 atom stereocenters. The van der Waals surface area contributed by atoms with E-state index in [1.165, 1.54) is 90.1 Å². The smallest absolute Gasteiger partial charge is 0.237 e. The summed E-state index contributed by atoms with van der Waals surface area (Å²) in [5.41, 5.74) is 0. The van der Waals surface area contributed by atoms with E-state index in [0.717, 1.165) is 0 Å². The van der Waals surface area contributed by atoms with Crippen LogP contribution < -0.4 is 4.57 Å². The minimum absolute atomic E-state index is 1.18. The van der Waals surface area contributed by atoms with E-state index in [-0.39, 0.29) is 0 Å². The highest BCUT2D eigenvalue weighted by Crippen LogP contribution is 2.08. The minimum atomic E-state index is 1.18. The Hall–Kier alpha value is -0.790. The molecule has 0 radical (unpaired) electrons. The van der Waals surface area contributed by atoms with E-state index in [0.29, 0.717) is 0 Å². The summed E-state index contributed by atoms with van der Waals surface area (Å²) in [5, 5.41) is 0. The maximum atomic E-state index is 2.36. The predicted molar refractivity (Wildman–Crippen MR) is 91.4 cm³/mol. The van der Waals surface area contributed by atoms with Gasteiger partial charge in [0.15, 0.2) is 0 Å². The Labute approximate surface area is 132 Å². The molecule has 1 aromatic rings. The van der Waals surface area contributed by atoms with E-state index in [1.807, 2.05) is 0 Å². The van der Waals surface area contributed by atoms with Crippen molar-refractivity contribution in [2.24, 2.45) is 0 Å². The van der Waals surface area contributed by atoms with Crippen LogP contribution in [0.1, 0.15) is 90.9 Å². The van der Waals surface area contributed by atoms with Gasteiger partial charge in [-0.1, -0.05) is 65.2 Å². The van der Waals surface area contributed by atoms with E-state index in [9.17, 15) is 0 Å². The van der Waals surface area contributed by atoms with Crippen LogP contribution in [0.2, 0.25) is 0 Å². The molecule has 1 rings (SSSR count). The zero-order valence-electron chi connectivity index (χ0n) is 14.5. The summed E-state index contributed by atoms with van der Waals surface area (Å²) in [6.07, 6.45) is 23.4.